The van der Waals surface area contributed by atoms with E-state index in [1.807, 2.05) is 0 Å². The maximum Gasteiger partial charge on any atom is 0.263 e. The third kappa shape index (κ3) is 4.74. The van der Waals surface area contributed by atoms with E-state index in [-0.39, 0.29) is 23.7 Å². The number of halogens is 1. The summed E-state index contributed by atoms with van der Waals surface area (Å²) >= 11 is 1.15. The van der Waals surface area contributed by atoms with Crippen molar-refractivity contribution >= 4 is 23.1 Å². The van der Waals surface area contributed by atoms with Gasteiger partial charge in [-0.05, 0) is 37.1 Å². The second-order valence-corrected chi connectivity index (χ2v) is 8.73. The Morgan fingerprint density at radius 1 is 1.25 bits per heavy atom. The average Bonchev–Trinajstić information content (AvgIpc) is 3.28. The van der Waals surface area contributed by atoms with Crippen molar-refractivity contribution in [3.63, 3.8) is 0 Å². The first-order chi connectivity index (χ1) is 15.5. The number of pyridine rings is 1. The van der Waals surface area contributed by atoms with Gasteiger partial charge in [0.05, 0.1) is 24.6 Å². The standard InChI is InChI=1S/C21H23FN6O3S/c22-14-3-1-8-23-18(14)21(6-2-7-21)12-26-17-5-4-15(27-28-17)20-25-10-16(32-20)19(31)24-9-13(30)11-29/h1,3-5,8,10,13,29-30H,2,6-7,9,11-12H2,(H,24,31)(H,26,28). The molecule has 0 spiro atoms. The summed E-state index contributed by atoms with van der Waals surface area (Å²) in [5.41, 5.74) is 0.667. The zero-order chi connectivity index (χ0) is 22.6. The number of rotatable bonds is 9. The lowest BCUT2D eigenvalue weighted by Gasteiger charge is -2.41. The fourth-order valence-electron chi connectivity index (χ4n) is 3.54. The Bertz CT molecular complexity index is 1070. The fourth-order valence-corrected chi connectivity index (χ4v) is 4.33. The van der Waals surface area contributed by atoms with Gasteiger partial charge in [-0.2, -0.15) is 0 Å². The molecule has 0 radical (unpaired) electrons. The highest BCUT2D eigenvalue weighted by Crippen LogP contribution is 2.43. The predicted octanol–water partition coefficient (Wildman–Crippen LogP) is 1.75. The van der Waals surface area contributed by atoms with Crippen molar-refractivity contribution in [2.45, 2.75) is 30.8 Å². The molecule has 9 nitrogen and oxygen atoms in total. The van der Waals surface area contributed by atoms with Crippen LogP contribution in [-0.2, 0) is 5.41 Å². The van der Waals surface area contributed by atoms with Crippen LogP contribution in [0.3, 0.4) is 0 Å². The smallest absolute Gasteiger partial charge is 0.263 e. The Morgan fingerprint density at radius 3 is 2.75 bits per heavy atom. The van der Waals surface area contributed by atoms with E-state index in [0.29, 0.717) is 33.6 Å². The van der Waals surface area contributed by atoms with Crippen LogP contribution in [0.2, 0.25) is 0 Å². The quantitative estimate of drug-likeness (QED) is 0.381. The number of aliphatic hydroxyl groups is 2. The summed E-state index contributed by atoms with van der Waals surface area (Å²) in [6.07, 6.45) is 4.78. The van der Waals surface area contributed by atoms with Crippen molar-refractivity contribution in [3.05, 3.63) is 53.0 Å². The van der Waals surface area contributed by atoms with Crippen LogP contribution >= 0.6 is 11.3 Å². The van der Waals surface area contributed by atoms with Crippen LogP contribution in [0.5, 0.6) is 0 Å². The third-order valence-corrected chi connectivity index (χ3v) is 6.52. The molecule has 1 unspecified atom stereocenters. The maximum absolute atomic E-state index is 14.3. The molecule has 0 aliphatic heterocycles. The molecule has 168 valence electrons. The van der Waals surface area contributed by atoms with Gasteiger partial charge >= 0.3 is 0 Å². The van der Waals surface area contributed by atoms with Crippen molar-refractivity contribution in [1.29, 1.82) is 0 Å². The number of hydrogen-bond acceptors (Lipinski definition) is 9. The van der Waals surface area contributed by atoms with Crippen molar-refractivity contribution in [2.75, 3.05) is 25.0 Å². The number of carbonyl (C=O) groups is 1. The van der Waals surface area contributed by atoms with Gasteiger partial charge in [0.2, 0.25) is 0 Å². The Kier molecular flexibility index (Phi) is 6.68. The van der Waals surface area contributed by atoms with E-state index in [4.69, 9.17) is 5.11 Å². The van der Waals surface area contributed by atoms with Gasteiger partial charge in [0, 0.05) is 24.7 Å². The van der Waals surface area contributed by atoms with E-state index in [9.17, 15) is 14.3 Å². The molecule has 0 saturated heterocycles. The fraction of sp³-hybridized carbons (Fsp3) is 0.381. The van der Waals surface area contributed by atoms with Crippen molar-refractivity contribution in [1.82, 2.24) is 25.5 Å². The molecule has 3 aromatic heterocycles. The number of aromatic nitrogens is 4. The number of anilines is 1. The van der Waals surface area contributed by atoms with E-state index in [1.165, 1.54) is 12.3 Å². The highest BCUT2D eigenvalue weighted by molar-refractivity contribution is 7.16. The molecule has 4 rings (SSSR count). The van der Waals surface area contributed by atoms with Gasteiger partial charge in [0.15, 0.2) is 0 Å². The van der Waals surface area contributed by atoms with Crippen LogP contribution in [0.25, 0.3) is 10.7 Å². The first-order valence-electron chi connectivity index (χ1n) is 10.2. The molecule has 1 amide bonds. The van der Waals surface area contributed by atoms with E-state index in [1.54, 1.807) is 24.4 Å². The van der Waals surface area contributed by atoms with Gasteiger partial charge in [-0.1, -0.05) is 6.42 Å². The van der Waals surface area contributed by atoms with Crippen LogP contribution in [-0.4, -0.2) is 62.1 Å². The largest absolute Gasteiger partial charge is 0.394 e. The lowest BCUT2D eigenvalue weighted by Crippen LogP contribution is -2.42. The minimum atomic E-state index is -1.01. The number of amides is 1. The molecular weight excluding hydrogens is 435 g/mol. The zero-order valence-corrected chi connectivity index (χ0v) is 18.0. The molecule has 3 heterocycles. The molecule has 1 aliphatic rings. The molecule has 1 aliphatic carbocycles. The number of nitrogens with zero attached hydrogens (tertiary/aromatic N) is 4. The summed E-state index contributed by atoms with van der Waals surface area (Å²) in [7, 11) is 0. The molecule has 32 heavy (non-hydrogen) atoms. The lowest BCUT2D eigenvalue weighted by atomic mass is 9.66. The lowest BCUT2D eigenvalue weighted by molar-refractivity contribution is 0.0804. The summed E-state index contributed by atoms with van der Waals surface area (Å²) in [4.78, 5) is 20.9. The Labute approximate surface area is 187 Å². The van der Waals surface area contributed by atoms with Crippen LogP contribution in [0.4, 0.5) is 10.2 Å². The van der Waals surface area contributed by atoms with Crippen molar-refractivity contribution in [3.8, 4) is 10.7 Å². The minimum Gasteiger partial charge on any atom is -0.394 e. The zero-order valence-electron chi connectivity index (χ0n) is 17.2. The molecule has 3 aromatic rings. The number of thiazole rings is 1. The van der Waals surface area contributed by atoms with Crippen molar-refractivity contribution in [2.24, 2.45) is 0 Å². The highest BCUT2D eigenvalue weighted by Gasteiger charge is 2.41. The van der Waals surface area contributed by atoms with Gasteiger partial charge in [-0.15, -0.1) is 21.5 Å². The summed E-state index contributed by atoms with van der Waals surface area (Å²) < 4.78 is 14.3. The minimum absolute atomic E-state index is 0.0490. The number of aliphatic hydroxyl groups excluding tert-OH is 2. The number of hydrogen-bond donors (Lipinski definition) is 4. The van der Waals surface area contributed by atoms with E-state index in [2.05, 4.69) is 30.8 Å². The van der Waals surface area contributed by atoms with Gasteiger partial charge in [0.25, 0.3) is 5.91 Å². The van der Waals surface area contributed by atoms with Gasteiger partial charge in [-0.3, -0.25) is 9.78 Å². The van der Waals surface area contributed by atoms with Crippen molar-refractivity contribution < 1.29 is 19.4 Å². The molecule has 1 fully saturated rings. The van der Waals surface area contributed by atoms with Gasteiger partial charge in [-0.25, -0.2) is 9.37 Å². The predicted molar refractivity (Wildman–Crippen MR) is 117 cm³/mol. The van der Waals surface area contributed by atoms with E-state index in [0.717, 1.165) is 30.6 Å². The average molecular weight is 459 g/mol. The van der Waals surface area contributed by atoms with Gasteiger partial charge < -0.3 is 20.8 Å². The molecular formula is C21H23FN6O3S. The molecule has 0 aromatic carbocycles. The van der Waals surface area contributed by atoms with Crippen LogP contribution in [0.1, 0.15) is 34.6 Å². The van der Waals surface area contributed by atoms with Crippen LogP contribution in [0, 0.1) is 5.82 Å². The Hall–Kier alpha value is -3.02. The number of carbonyl (C=O) groups excluding carboxylic acids is 1. The topological polar surface area (TPSA) is 133 Å². The normalized spacial score (nSPS) is 15.6. The third-order valence-electron chi connectivity index (χ3n) is 5.50. The molecule has 1 saturated carbocycles. The first-order valence-corrected chi connectivity index (χ1v) is 11.0. The van der Waals surface area contributed by atoms with E-state index < -0.39 is 12.7 Å². The summed E-state index contributed by atoms with van der Waals surface area (Å²) in [6.45, 7) is 0.0327. The van der Waals surface area contributed by atoms with Gasteiger partial charge in [0.1, 0.15) is 27.2 Å². The molecule has 4 N–H and O–H groups in total. The molecule has 1 atom stereocenters. The Balaban J connectivity index is 1.38. The van der Waals surface area contributed by atoms with Crippen LogP contribution < -0.4 is 10.6 Å². The molecule has 0 bridgehead atoms. The maximum atomic E-state index is 14.3. The Morgan fingerprint density at radius 2 is 2.09 bits per heavy atom. The van der Waals surface area contributed by atoms with E-state index >= 15 is 0 Å². The SMILES string of the molecule is O=C(NCC(O)CO)c1cnc(-c2ccc(NCC3(c4ncccc4F)CCC3)nn2)s1. The number of nitrogens with one attached hydrogen (secondary N) is 2. The monoisotopic (exact) mass is 458 g/mol. The summed E-state index contributed by atoms with van der Waals surface area (Å²) in [5.74, 6) is -0.117. The summed E-state index contributed by atoms with van der Waals surface area (Å²) in [5, 5.41) is 32.8. The van der Waals surface area contributed by atoms with Crippen LogP contribution in [0.15, 0.2) is 36.7 Å². The summed E-state index contributed by atoms with van der Waals surface area (Å²) in [6, 6.07) is 6.55. The second-order valence-electron chi connectivity index (χ2n) is 7.70. The molecule has 11 heteroatoms. The second kappa shape index (κ2) is 9.63. The highest BCUT2D eigenvalue weighted by atomic mass is 32.1. The first kappa shape index (κ1) is 22.2.